The van der Waals surface area contributed by atoms with Crippen molar-refractivity contribution in [3.05, 3.63) is 71.4 Å². The van der Waals surface area contributed by atoms with Gasteiger partial charge in [0.05, 0.1) is 17.2 Å². The monoisotopic (exact) mass is 510 g/mol. The predicted octanol–water partition coefficient (Wildman–Crippen LogP) is 4.49. The lowest BCUT2D eigenvalue weighted by atomic mass is 10.1. The lowest BCUT2D eigenvalue weighted by molar-refractivity contribution is 0.0520. The Morgan fingerprint density at radius 2 is 1.86 bits per heavy atom. The molecule has 2 aromatic carbocycles. The van der Waals surface area contributed by atoms with Crippen molar-refractivity contribution in [2.75, 3.05) is 6.61 Å². The largest absolute Gasteiger partial charge is 0.461 e. The van der Waals surface area contributed by atoms with Crippen LogP contribution in [0.3, 0.4) is 0 Å². The summed E-state index contributed by atoms with van der Waals surface area (Å²) in [5.41, 5.74) is 2.55. The van der Waals surface area contributed by atoms with Crippen molar-refractivity contribution in [3.63, 3.8) is 0 Å². The van der Waals surface area contributed by atoms with Crippen molar-refractivity contribution >= 4 is 27.3 Å². The van der Waals surface area contributed by atoms with E-state index < -0.39 is 16.0 Å². The van der Waals surface area contributed by atoms with Crippen LogP contribution in [0, 0.1) is 0 Å². The molecule has 1 saturated carbocycles. The third-order valence-electron chi connectivity index (χ3n) is 5.42. The normalized spacial score (nSPS) is 13.5. The zero-order chi connectivity index (χ0) is 24.6. The van der Waals surface area contributed by atoms with Crippen LogP contribution in [0.1, 0.15) is 41.9 Å². The number of nitrogens with two attached hydrogens (primary N) is 1. The first-order valence-corrected chi connectivity index (χ1v) is 13.4. The molecule has 11 heteroatoms. The summed E-state index contributed by atoms with van der Waals surface area (Å²) in [7, 11) is -3.81. The van der Waals surface area contributed by atoms with Gasteiger partial charge in [0.25, 0.3) is 0 Å². The van der Waals surface area contributed by atoms with Crippen molar-refractivity contribution in [1.82, 2.24) is 14.8 Å². The van der Waals surface area contributed by atoms with Crippen molar-refractivity contribution in [1.29, 1.82) is 0 Å². The van der Waals surface area contributed by atoms with Crippen LogP contribution >= 0.6 is 11.3 Å². The van der Waals surface area contributed by atoms with Crippen LogP contribution in [0.2, 0.25) is 0 Å². The van der Waals surface area contributed by atoms with Gasteiger partial charge in [-0.15, -0.1) is 11.3 Å². The second-order valence-corrected chi connectivity index (χ2v) is 10.4. The summed E-state index contributed by atoms with van der Waals surface area (Å²) >= 11 is 1.30. The van der Waals surface area contributed by atoms with Gasteiger partial charge in [-0.05, 0) is 44.0 Å². The second kappa shape index (κ2) is 9.25. The predicted molar refractivity (Wildman–Crippen MR) is 130 cm³/mol. The molecule has 0 aliphatic heterocycles. The maximum absolute atomic E-state index is 12.2. The summed E-state index contributed by atoms with van der Waals surface area (Å²) < 4.78 is 36.4. The number of esters is 1. The van der Waals surface area contributed by atoms with Gasteiger partial charge in [0, 0.05) is 16.9 Å². The van der Waals surface area contributed by atoms with Gasteiger partial charge in [-0.25, -0.2) is 28.0 Å². The Labute approximate surface area is 206 Å². The fourth-order valence-electron chi connectivity index (χ4n) is 3.64. The van der Waals surface area contributed by atoms with E-state index in [2.05, 4.69) is 4.98 Å². The Morgan fingerprint density at radius 3 is 2.49 bits per heavy atom. The Balaban J connectivity index is 1.61. The molecular weight excluding hydrogens is 488 g/mol. The number of rotatable bonds is 8. The highest BCUT2D eigenvalue weighted by molar-refractivity contribution is 7.89. The molecule has 35 heavy (non-hydrogen) atoms. The number of ether oxygens (including phenoxy) is 2. The van der Waals surface area contributed by atoms with E-state index in [1.807, 2.05) is 30.3 Å². The average Bonchev–Trinajstić information content (AvgIpc) is 3.43. The van der Waals surface area contributed by atoms with E-state index in [-0.39, 0.29) is 23.1 Å². The molecule has 4 aromatic rings. The molecule has 0 radical (unpaired) electrons. The molecule has 5 rings (SSSR count). The van der Waals surface area contributed by atoms with E-state index >= 15 is 0 Å². The number of sulfonamides is 1. The summed E-state index contributed by atoms with van der Waals surface area (Å²) in [6.07, 6.45) is 1.94. The number of primary sulfonamides is 1. The fourth-order valence-corrected chi connectivity index (χ4v) is 4.91. The van der Waals surface area contributed by atoms with Crippen LogP contribution in [0.25, 0.3) is 16.4 Å². The Kier molecular flexibility index (Phi) is 6.13. The van der Waals surface area contributed by atoms with Gasteiger partial charge in [-0.1, -0.05) is 30.3 Å². The van der Waals surface area contributed by atoms with Crippen LogP contribution in [0.5, 0.6) is 11.5 Å². The van der Waals surface area contributed by atoms with E-state index in [9.17, 15) is 13.2 Å². The standard InChI is InChI=1S/C24H22N4O5S2/c1-2-32-23(29)19-14-34-24(26-19)28-21(16-8-9-16)22(20(27-28)15-6-4-3-5-7-15)33-17-10-12-18(13-11-17)35(25,30)31/h3-7,10-14,16H,2,8-9H2,1H3,(H2,25,30,31). The first kappa shape index (κ1) is 23.2. The number of hydrogen-bond donors (Lipinski definition) is 1. The molecule has 0 atom stereocenters. The van der Waals surface area contributed by atoms with Crippen LogP contribution in [0.15, 0.2) is 64.9 Å². The van der Waals surface area contributed by atoms with Crippen LogP contribution in [-0.4, -0.2) is 35.8 Å². The molecule has 1 aliphatic carbocycles. The van der Waals surface area contributed by atoms with Crippen molar-refractivity contribution in [3.8, 4) is 27.9 Å². The topological polar surface area (TPSA) is 126 Å². The van der Waals surface area contributed by atoms with Gasteiger partial charge in [-0.2, -0.15) is 5.10 Å². The highest BCUT2D eigenvalue weighted by Crippen LogP contribution is 2.49. The number of aromatic nitrogens is 3. The molecule has 0 bridgehead atoms. The Hall–Kier alpha value is -3.54. The van der Waals surface area contributed by atoms with Gasteiger partial charge < -0.3 is 9.47 Å². The molecule has 0 unspecified atom stereocenters. The summed E-state index contributed by atoms with van der Waals surface area (Å²) in [6.45, 7) is 2.01. The van der Waals surface area contributed by atoms with E-state index in [4.69, 9.17) is 19.7 Å². The third-order valence-corrected chi connectivity index (χ3v) is 7.16. The molecule has 0 saturated heterocycles. The maximum Gasteiger partial charge on any atom is 0.357 e. The SMILES string of the molecule is CCOC(=O)c1csc(-n2nc(-c3ccccc3)c(Oc3ccc(S(N)(=O)=O)cc3)c2C2CC2)n1. The second-order valence-electron chi connectivity index (χ2n) is 7.97. The minimum absolute atomic E-state index is 0.000486. The van der Waals surface area contributed by atoms with Gasteiger partial charge in [0.2, 0.25) is 15.2 Å². The highest BCUT2D eigenvalue weighted by atomic mass is 32.2. The number of hydrogen-bond acceptors (Lipinski definition) is 8. The lowest BCUT2D eigenvalue weighted by Crippen LogP contribution is -2.11. The third kappa shape index (κ3) is 4.83. The fraction of sp³-hybridized carbons (Fsp3) is 0.208. The molecule has 0 spiro atoms. The zero-order valence-corrected chi connectivity index (χ0v) is 20.4. The molecule has 2 aromatic heterocycles. The Morgan fingerprint density at radius 1 is 1.14 bits per heavy atom. The zero-order valence-electron chi connectivity index (χ0n) is 18.7. The number of nitrogens with zero attached hydrogens (tertiary/aromatic N) is 3. The summed E-state index contributed by atoms with van der Waals surface area (Å²) in [5.74, 6) is 0.746. The first-order valence-electron chi connectivity index (χ1n) is 11.0. The molecule has 0 amide bonds. The lowest BCUT2D eigenvalue weighted by Gasteiger charge is -2.10. The van der Waals surface area contributed by atoms with Crippen LogP contribution < -0.4 is 9.88 Å². The van der Waals surface area contributed by atoms with E-state index in [1.165, 1.54) is 23.5 Å². The van der Waals surface area contributed by atoms with Crippen LogP contribution in [0.4, 0.5) is 0 Å². The van der Waals surface area contributed by atoms with Gasteiger partial charge >= 0.3 is 5.97 Å². The summed E-state index contributed by atoms with van der Waals surface area (Å²) in [4.78, 5) is 16.6. The van der Waals surface area contributed by atoms with E-state index in [1.54, 1.807) is 29.1 Å². The molecule has 2 heterocycles. The van der Waals surface area contributed by atoms with E-state index in [0.29, 0.717) is 22.3 Å². The number of thiazole rings is 1. The highest BCUT2D eigenvalue weighted by Gasteiger charge is 2.35. The van der Waals surface area contributed by atoms with Crippen molar-refractivity contribution in [2.45, 2.75) is 30.6 Å². The number of carbonyl (C=O) groups excluding carboxylic acids is 1. The van der Waals surface area contributed by atoms with Crippen molar-refractivity contribution < 1.29 is 22.7 Å². The smallest absolute Gasteiger partial charge is 0.357 e. The number of carbonyl (C=O) groups is 1. The van der Waals surface area contributed by atoms with Crippen LogP contribution in [-0.2, 0) is 14.8 Å². The quantitative estimate of drug-likeness (QED) is 0.346. The molecule has 1 aliphatic rings. The molecule has 1 fully saturated rings. The van der Waals surface area contributed by atoms with Crippen molar-refractivity contribution in [2.24, 2.45) is 5.14 Å². The van der Waals surface area contributed by atoms with Gasteiger partial charge in [0.1, 0.15) is 11.4 Å². The average molecular weight is 511 g/mol. The molecule has 2 N–H and O–H groups in total. The first-order chi connectivity index (χ1) is 16.8. The maximum atomic E-state index is 12.2. The summed E-state index contributed by atoms with van der Waals surface area (Å²) in [6, 6.07) is 15.5. The summed E-state index contributed by atoms with van der Waals surface area (Å²) in [5, 5.41) is 12.3. The van der Waals surface area contributed by atoms with Gasteiger partial charge in [-0.3, -0.25) is 0 Å². The minimum atomic E-state index is -3.81. The molecule has 9 nitrogen and oxygen atoms in total. The van der Waals surface area contributed by atoms with E-state index in [0.717, 1.165) is 24.1 Å². The Bertz CT molecular complexity index is 1470. The molecular formula is C24H22N4O5S2. The minimum Gasteiger partial charge on any atom is -0.461 e. The number of benzene rings is 2. The van der Waals surface area contributed by atoms with Gasteiger partial charge in [0.15, 0.2) is 11.4 Å². The molecule has 180 valence electrons.